The predicted octanol–water partition coefficient (Wildman–Crippen LogP) is 3.54. The maximum absolute atomic E-state index is 11.6. The van der Waals surface area contributed by atoms with E-state index in [4.69, 9.17) is 19.9 Å². The average Bonchev–Trinajstić information content (AvgIpc) is 2.61. The molecule has 25 heavy (non-hydrogen) atoms. The van der Waals surface area contributed by atoms with Gasteiger partial charge in [0.05, 0.1) is 12.7 Å². The zero-order valence-corrected chi connectivity index (χ0v) is 14.3. The van der Waals surface area contributed by atoms with Crippen LogP contribution < -0.4 is 15.2 Å². The van der Waals surface area contributed by atoms with Gasteiger partial charge < -0.3 is 19.9 Å². The molecule has 2 aromatic rings. The number of primary amides is 1. The van der Waals surface area contributed by atoms with E-state index in [1.54, 1.807) is 7.11 Å². The third-order valence-corrected chi connectivity index (χ3v) is 4.35. The standard InChI is InChI=1S/C20H21NO4/c1-4-6-15-14-11-12(19(24-3)20(21)22)9-10-13(14)18-16(23-2)7-5-8-17(18)25-15/h4-5,7-11,15,19H,1,6H2,2-3H3,(H2,21,22). The Morgan fingerprint density at radius 3 is 2.80 bits per heavy atom. The van der Waals surface area contributed by atoms with Gasteiger partial charge in [-0.25, -0.2) is 0 Å². The minimum absolute atomic E-state index is 0.197. The maximum Gasteiger partial charge on any atom is 0.251 e. The fourth-order valence-corrected chi connectivity index (χ4v) is 3.24. The van der Waals surface area contributed by atoms with Crippen LogP contribution in [0.1, 0.15) is 29.8 Å². The van der Waals surface area contributed by atoms with Gasteiger partial charge in [-0.05, 0) is 29.3 Å². The van der Waals surface area contributed by atoms with Crippen LogP contribution in [0.25, 0.3) is 11.1 Å². The lowest BCUT2D eigenvalue weighted by molar-refractivity contribution is -0.128. The molecule has 0 aromatic heterocycles. The first-order chi connectivity index (χ1) is 12.1. The highest BCUT2D eigenvalue weighted by Gasteiger charge is 2.29. The molecule has 1 aliphatic rings. The molecule has 2 atom stereocenters. The Hall–Kier alpha value is -2.79. The lowest BCUT2D eigenvalue weighted by atomic mass is 9.88. The first-order valence-electron chi connectivity index (χ1n) is 8.01. The van der Waals surface area contributed by atoms with Crippen LogP contribution >= 0.6 is 0 Å². The molecule has 5 nitrogen and oxygen atoms in total. The number of amides is 1. The van der Waals surface area contributed by atoms with Crippen molar-refractivity contribution in [3.63, 3.8) is 0 Å². The highest BCUT2D eigenvalue weighted by Crippen LogP contribution is 2.48. The van der Waals surface area contributed by atoms with Crippen molar-refractivity contribution < 1.29 is 19.0 Å². The van der Waals surface area contributed by atoms with E-state index in [9.17, 15) is 4.79 Å². The molecular formula is C20H21NO4. The van der Waals surface area contributed by atoms with Crippen molar-refractivity contribution in [2.75, 3.05) is 14.2 Å². The normalized spacial score (nSPS) is 16.2. The SMILES string of the molecule is C=CCC1Oc2cccc(OC)c2-c2ccc(C(OC)C(N)=O)cc21. The predicted molar refractivity (Wildman–Crippen MR) is 95.6 cm³/mol. The largest absolute Gasteiger partial charge is 0.496 e. The van der Waals surface area contributed by atoms with Gasteiger partial charge in [0.25, 0.3) is 5.91 Å². The van der Waals surface area contributed by atoms with Crippen LogP contribution in [0.2, 0.25) is 0 Å². The molecule has 0 fully saturated rings. The van der Waals surface area contributed by atoms with Crippen LogP contribution in [-0.4, -0.2) is 20.1 Å². The van der Waals surface area contributed by atoms with Crippen molar-refractivity contribution in [3.8, 4) is 22.6 Å². The van der Waals surface area contributed by atoms with Gasteiger partial charge in [0, 0.05) is 19.1 Å². The van der Waals surface area contributed by atoms with Crippen LogP contribution in [0.4, 0.5) is 0 Å². The van der Waals surface area contributed by atoms with Crippen molar-refractivity contribution in [1.82, 2.24) is 0 Å². The molecule has 3 rings (SSSR count). The fourth-order valence-electron chi connectivity index (χ4n) is 3.24. The van der Waals surface area contributed by atoms with E-state index >= 15 is 0 Å². The number of rotatable bonds is 6. The summed E-state index contributed by atoms with van der Waals surface area (Å²) in [4.78, 5) is 11.6. The molecule has 2 N–H and O–H groups in total. The molecule has 0 bridgehead atoms. The molecule has 0 aliphatic carbocycles. The Bertz CT molecular complexity index is 815. The van der Waals surface area contributed by atoms with E-state index < -0.39 is 12.0 Å². The van der Waals surface area contributed by atoms with E-state index in [1.807, 2.05) is 42.5 Å². The Kier molecular flexibility index (Phi) is 4.76. The molecule has 1 aliphatic heterocycles. The molecule has 2 aromatic carbocycles. The van der Waals surface area contributed by atoms with Crippen LogP contribution in [0.5, 0.6) is 11.5 Å². The van der Waals surface area contributed by atoms with Gasteiger partial charge in [0.15, 0.2) is 6.10 Å². The van der Waals surface area contributed by atoms with Gasteiger partial charge in [-0.3, -0.25) is 4.79 Å². The number of fused-ring (bicyclic) bond motifs is 3. The second-order valence-electron chi connectivity index (χ2n) is 5.83. The number of carbonyl (C=O) groups is 1. The molecule has 1 heterocycles. The summed E-state index contributed by atoms with van der Waals surface area (Å²) < 4.78 is 16.9. The van der Waals surface area contributed by atoms with Gasteiger partial charge in [0.2, 0.25) is 0 Å². The molecule has 0 saturated carbocycles. The summed E-state index contributed by atoms with van der Waals surface area (Å²) in [5.74, 6) is 0.976. The number of hydrogen-bond donors (Lipinski definition) is 1. The average molecular weight is 339 g/mol. The minimum Gasteiger partial charge on any atom is -0.496 e. The van der Waals surface area contributed by atoms with E-state index in [0.29, 0.717) is 12.0 Å². The number of methoxy groups -OCH3 is 2. The second kappa shape index (κ2) is 6.99. The number of benzene rings is 2. The molecule has 5 heteroatoms. The third-order valence-electron chi connectivity index (χ3n) is 4.35. The molecule has 130 valence electrons. The summed E-state index contributed by atoms with van der Waals surface area (Å²) in [6, 6.07) is 11.4. The van der Waals surface area contributed by atoms with E-state index in [-0.39, 0.29) is 6.10 Å². The summed E-state index contributed by atoms with van der Waals surface area (Å²) >= 11 is 0. The second-order valence-corrected chi connectivity index (χ2v) is 5.83. The number of ether oxygens (including phenoxy) is 3. The Morgan fingerprint density at radius 1 is 1.36 bits per heavy atom. The quantitative estimate of drug-likeness (QED) is 0.817. The first kappa shape index (κ1) is 17.0. The fraction of sp³-hybridized carbons (Fsp3) is 0.250. The molecule has 0 spiro atoms. The molecule has 0 saturated heterocycles. The zero-order valence-electron chi connectivity index (χ0n) is 14.3. The van der Waals surface area contributed by atoms with Gasteiger partial charge in [-0.2, -0.15) is 0 Å². The van der Waals surface area contributed by atoms with Crippen molar-refractivity contribution in [1.29, 1.82) is 0 Å². The number of hydrogen-bond acceptors (Lipinski definition) is 4. The molecule has 1 amide bonds. The van der Waals surface area contributed by atoms with Crippen molar-refractivity contribution in [3.05, 3.63) is 60.2 Å². The molecule has 0 radical (unpaired) electrons. The maximum atomic E-state index is 11.6. The number of carbonyl (C=O) groups excluding carboxylic acids is 1. The van der Waals surface area contributed by atoms with Gasteiger partial charge >= 0.3 is 0 Å². The summed E-state index contributed by atoms with van der Waals surface area (Å²) in [5, 5.41) is 0. The van der Waals surface area contributed by atoms with Gasteiger partial charge in [0.1, 0.15) is 17.6 Å². The summed E-state index contributed by atoms with van der Waals surface area (Å²) in [6.07, 6.45) is 1.46. The highest BCUT2D eigenvalue weighted by atomic mass is 16.5. The zero-order chi connectivity index (χ0) is 18.0. The molecule has 2 unspecified atom stereocenters. The van der Waals surface area contributed by atoms with Crippen LogP contribution in [0, 0.1) is 0 Å². The van der Waals surface area contributed by atoms with Gasteiger partial charge in [-0.1, -0.05) is 24.3 Å². The highest BCUT2D eigenvalue weighted by molar-refractivity contribution is 5.84. The monoisotopic (exact) mass is 339 g/mol. The Labute approximate surface area is 147 Å². The van der Waals surface area contributed by atoms with Crippen molar-refractivity contribution in [2.24, 2.45) is 5.73 Å². The van der Waals surface area contributed by atoms with Crippen LogP contribution in [0.3, 0.4) is 0 Å². The topological polar surface area (TPSA) is 70.8 Å². The summed E-state index contributed by atoms with van der Waals surface area (Å²) in [7, 11) is 3.10. The lowest BCUT2D eigenvalue weighted by Gasteiger charge is -2.30. The smallest absolute Gasteiger partial charge is 0.251 e. The van der Waals surface area contributed by atoms with Crippen molar-refractivity contribution in [2.45, 2.75) is 18.6 Å². The minimum atomic E-state index is -0.797. The van der Waals surface area contributed by atoms with Gasteiger partial charge in [-0.15, -0.1) is 6.58 Å². The van der Waals surface area contributed by atoms with E-state index in [0.717, 1.165) is 28.2 Å². The summed E-state index contributed by atoms with van der Waals surface area (Å²) in [6.45, 7) is 3.82. The Balaban J connectivity index is 2.19. The van der Waals surface area contributed by atoms with E-state index in [2.05, 4.69) is 6.58 Å². The van der Waals surface area contributed by atoms with Crippen molar-refractivity contribution >= 4 is 5.91 Å². The molecular weight excluding hydrogens is 318 g/mol. The first-order valence-corrected chi connectivity index (χ1v) is 8.01. The third kappa shape index (κ3) is 2.98. The Morgan fingerprint density at radius 2 is 2.16 bits per heavy atom. The summed E-state index contributed by atoms with van der Waals surface area (Å²) in [5.41, 5.74) is 9.01. The van der Waals surface area contributed by atoms with Crippen LogP contribution in [0.15, 0.2) is 49.1 Å². The van der Waals surface area contributed by atoms with Crippen LogP contribution in [-0.2, 0) is 9.53 Å². The number of nitrogens with two attached hydrogens (primary N) is 1. The lowest BCUT2D eigenvalue weighted by Crippen LogP contribution is -2.23. The van der Waals surface area contributed by atoms with E-state index in [1.165, 1.54) is 7.11 Å².